The van der Waals surface area contributed by atoms with E-state index in [0.29, 0.717) is 35.2 Å². The number of thioether (sulfide) groups is 1. The molecule has 1 aromatic heterocycles. The van der Waals surface area contributed by atoms with Crippen LogP contribution >= 0.6 is 35.3 Å². The van der Waals surface area contributed by atoms with Crippen molar-refractivity contribution in [2.75, 3.05) is 6.54 Å². The fourth-order valence-electron chi connectivity index (χ4n) is 3.18. The molecule has 0 radical (unpaired) electrons. The minimum Gasteiger partial charge on any atom is -0.334 e. The number of hydrogen-bond donors (Lipinski definition) is 0. The van der Waals surface area contributed by atoms with Crippen LogP contribution in [0.5, 0.6) is 0 Å². The summed E-state index contributed by atoms with van der Waals surface area (Å²) >= 11 is 8.32. The van der Waals surface area contributed by atoms with E-state index in [9.17, 15) is 9.59 Å². The highest BCUT2D eigenvalue weighted by molar-refractivity contribution is 8.26. The second-order valence-electron chi connectivity index (χ2n) is 8.09. The van der Waals surface area contributed by atoms with Crippen molar-refractivity contribution < 1.29 is 9.59 Å². The number of carbonyl (C=O) groups excluding carboxylic acids is 2. The van der Waals surface area contributed by atoms with Crippen LogP contribution in [0.15, 0.2) is 52.7 Å². The molecule has 0 N–H and O–H groups in total. The molecular formula is C23H26N2O2S3. The largest absolute Gasteiger partial charge is 0.334 e. The smallest absolute Gasteiger partial charge is 0.266 e. The van der Waals surface area contributed by atoms with Crippen molar-refractivity contribution in [1.82, 2.24) is 9.80 Å². The van der Waals surface area contributed by atoms with E-state index >= 15 is 0 Å². The second kappa shape index (κ2) is 9.90. The Morgan fingerprint density at radius 2 is 1.90 bits per heavy atom. The number of thiophene rings is 1. The summed E-state index contributed by atoms with van der Waals surface area (Å²) < 4.78 is 0.562. The molecular weight excluding hydrogens is 432 g/mol. The van der Waals surface area contributed by atoms with Gasteiger partial charge in [-0.25, -0.2) is 0 Å². The molecule has 2 amide bonds. The molecule has 0 bridgehead atoms. The number of thiocarbonyl (C=S) groups is 1. The molecule has 158 valence electrons. The van der Waals surface area contributed by atoms with Crippen LogP contribution in [0.2, 0.25) is 0 Å². The highest BCUT2D eigenvalue weighted by Crippen LogP contribution is 2.33. The van der Waals surface area contributed by atoms with Crippen molar-refractivity contribution in [2.24, 2.45) is 0 Å². The Morgan fingerprint density at radius 1 is 1.17 bits per heavy atom. The molecule has 30 heavy (non-hydrogen) atoms. The molecule has 1 aliphatic heterocycles. The third-order valence-corrected chi connectivity index (χ3v) is 6.95. The standard InChI is InChI=1S/C23H26N2O2S3/c1-23(2,3)25(16-17-9-5-4-6-10-17)20(26)12-7-13-24-21(27)19(30-22(24)28)15-18-11-8-14-29-18/h4-6,8-11,14-15H,7,12-13,16H2,1-3H3. The van der Waals surface area contributed by atoms with Crippen molar-refractivity contribution >= 4 is 57.5 Å². The average molecular weight is 459 g/mol. The van der Waals surface area contributed by atoms with Crippen molar-refractivity contribution in [3.8, 4) is 0 Å². The lowest BCUT2D eigenvalue weighted by molar-refractivity contribution is -0.137. The van der Waals surface area contributed by atoms with Gasteiger partial charge in [-0.05, 0) is 50.3 Å². The van der Waals surface area contributed by atoms with Gasteiger partial charge in [-0.3, -0.25) is 14.5 Å². The van der Waals surface area contributed by atoms with Gasteiger partial charge in [0.05, 0.1) is 4.91 Å². The third kappa shape index (κ3) is 5.80. The summed E-state index contributed by atoms with van der Waals surface area (Å²) in [5.74, 6) is 0.0220. The fraction of sp³-hybridized carbons (Fsp3) is 0.348. The molecule has 1 aromatic carbocycles. The zero-order valence-corrected chi connectivity index (χ0v) is 19.9. The van der Waals surface area contributed by atoms with Crippen LogP contribution in [-0.2, 0) is 16.1 Å². The summed E-state index contributed by atoms with van der Waals surface area (Å²) in [6, 6.07) is 13.9. The average Bonchev–Trinajstić information content (AvgIpc) is 3.29. The molecule has 0 aliphatic carbocycles. The van der Waals surface area contributed by atoms with E-state index in [-0.39, 0.29) is 17.4 Å². The Kier molecular flexibility index (Phi) is 7.50. The van der Waals surface area contributed by atoms with E-state index in [1.165, 1.54) is 11.8 Å². The van der Waals surface area contributed by atoms with Crippen molar-refractivity contribution in [3.05, 3.63) is 63.2 Å². The van der Waals surface area contributed by atoms with Gasteiger partial charge >= 0.3 is 0 Å². The minimum atomic E-state index is -0.280. The lowest BCUT2D eigenvalue weighted by atomic mass is 10.0. The first kappa shape index (κ1) is 22.7. The fourth-order valence-corrected chi connectivity index (χ4v) is 5.22. The quantitative estimate of drug-likeness (QED) is 0.402. The van der Waals surface area contributed by atoms with Gasteiger partial charge in [-0.15, -0.1) is 11.3 Å². The molecule has 2 heterocycles. The zero-order chi connectivity index (χ0) is 21.7. The Bertz CT molecular complexity index is 931. The molecule has 0 spiro atoms. The Balaban J connectivity index is 1.58. The monoisotopic (exact) mass is 458 g/mol. The Hall–Kier alpha value is -1.96. The summed E-state index contributed by atoms with van der Waals surface area (Å²) in [5.41, 5.74) is 0.828. The predicted molar refractivity (Wildman–Crippen MR) is 130 cm³/mol. The van der Waals surface area contributed by atoms with Gasteiger partial charge in [0.2, 0.25) is 5.91 Å². The second-order valence-corrected chi connectivity index (χ2v) is 10.7. The van der Waals surface area contributed by atoms with Gasteiger partial charge < -0.3 is 4.90 Å². The SMILES string of the molecule is CC(C)(C)N(Cc1ccccc1)C(=O)CCCN1C(=O)C(=Cc2cccs2)SC1=S. The predicted octanol–water partition coefficient (Wildman–Crippen LogP) is 5.56. The summed E-state index contributed by atoms with van der Waals surface area (Å²) in [6.45, 7) is 7.18. The van der Waals surface area contributed by atoms with Gasteiger partial charge in [0, 0.05) is 29.9 Å². The van der Waals surface area contributed by atoms with Crippen LogP contribution in [0.1, 0.15) is 44.1 Å². The molecule has 4 nitrogen and oxygen atoms in total. The molecule has 0 saturated carbocycles. The molecule has 2 aromatic rings. The van der Waals surface area contributed by atoms with Gasteiger partial charge in [0.15, 0.2) is 0 Å². The maximum atomic E-state index is 13.0. The van der Waals surface area contributed by atoms with Crippen molar-refractivity contribution in [2.45, 2.75) is 45.7 Å². The first-order valence-corrected chi connectivity index (χ1v) is 12.0. The number of rotatable bonds is 7. The van der Waals surface area contributed by atoms with E-state index in [1.807, 2.05) is 79.6 Å². The van der Waals surface area contributed by atoms with E-state index < -0.39 is 0 Å². The van der Waals surface area contributed by atoms with E-state index in [1.54, 1.807) is 16.2 Å². The Morgan fingerprint density at radius 3 is 2.53 bits per heavy atom. The molecule has 3 rings (SSSR count). The molecule has 0 atom stereocenters. The van der Waals surface area contributed by atoms with Crippen LogP contribution in [0.4, 0.5) is 0 Å². The molecule has 1 saturated heterocycles. The first-order chi connectivity index (χ1) is 14.3. The lowest BCUT2D eigenvalue weighted by Gasteiger charge is -2.36. The van der Waals surface area contributed by atoms with E-state index in [0.717, 1.165) is 10.4 Å². The highest BCUT2D eigenvalue weighted by Gasteiger charge is 2.32. The normalized spacial score (nSPS) is 15.8. The summed E-state index contributed by atoms with van der Waals surface area (Å²) in [5, 5.41) is 1.98. The highest BCUT2D eigenvalue weighted by atomic mass is 32.2. The van der Waals surface area contributed by atoms with Gasteiger partial charge in [0.1, 0.15) is 4.32 Å². The van der Waals surface area contributed by atoms with Crippen LogP contribution in [0.25, 0.3) is 6.08 Å². The minimum absolute atomic E-state index is 0.0668. The number of amides is 2. The van der Waals surface area contributed by atoms with Gasteiger partial charge in [-0.1, -0.05) is 60.4 Å². The molecule has 7 heteroatoms. The van der Waals surface area contributed by atoms with Gasteiger partial charge in [-0.2, -0.15) is 0 Å². The molecule has 0 unspecified atom stereocenters. The first-order valence-electron chi connectivity index (χ1n) is 9.89. The molecule has 1 aliphatic rings. The Labute approximate surface area is 192 Å². The number of hydrogen-bond acceptors (Lipinski definition) is 5. The van der Waals surface area contributed by atoms with E-state index in [2.05, 4.69) is 0 Å². The van der Waals surface area contributed by atoms with Crippen LogP contribution < -0.4 is 0 Å². The van der Waals surface area contributed by atoms with Crippen LogP contribution in [0, 0.1) is 0 Å². The summed E-state index contributed by atoms with van der Waals surface area (Å²) in [6.07, 6.45) is 2.85. The van der Waals surface area contributed by atoms with Crippen LogP contribution in [0.3, 0.4) is 0 Å². The summed E-state index contributed by atoms with van der Waals surface area (Å²) in [7, 11) is 0. The van der Waals surface area contributed by atoms with E-state index in [4.69, 9.17) is 12.2 Å². The maximum Gasteiger partial charge on any atom is 0.266 e. The third-order valence-electron chi connectivity index (χ3n) is 4.76. The zero-order valence-electron chi connectivity index (χ0n) is 17.5. The number of carbonyl (C=O) groups is 2. The maximum absolute atomic E-state index is 13.0. The van der Waals surface area contributed by atoms with Crippen molar-refractivity contribution in [3.63, 3.8) is 0 Å². The summed E-state index contributed by atoms with van der Waals surface area (Å²) in [4.78, 5) is 30.9. The van der Waals surface area contributed by atoms with Crippen molar-refractivity contribution in [1.29, 1.82) is 0 Å². The number of nitrogens with zero attached hydrogens (tertiary/aromatic N) is 2. The lowest BCUT2D eigenvalue weighted by Crippen LogP contribution is -2.45. The topological polar surface area (TPSA) is 40.6 Å². The van der Waals surface area contributed by atoms with Gasteiger partial charge in [0.25, 0.3) is 5.91 Å². The molecule has 1 fully saturated rings. The number of benzene rings is 1. The van der Waals surface area contributed by atoms with Crippen LogP contribution in [-0.4, -0.2) is 38.0 Å².